The Bertz CT molecular complexity index is 534. The third-order valence-electron chi connectivity index (χ3n) is 3.14. The number of imidazole rings is 1. The van der Waals surface area contributed by atoms with Crippen LogP contribution in [0.3, 0.4) is 0 Å². The fourth-order valence-electron chi connectivity index (χ4n) is 2.04. The fraction of sp³-hybridized carbons (Fsp3) is 0.357. The quantitative estimate of drug-likeness (QED) is 0.902. The lowest BCUT2D eigenvalue weighted by Gasteiger charge is -2.15. The molecule has 1 atom stereocenters. The van der Waals surface area contributed by atoms with Crippen LogP contribution in [0.2, 0.25) is 0 Å². The van der Waals surface area contributed by atoms with E-state index in [0.29, 0.717) is 12.1 Å². The highest BCUT2D eigenvalue weighted by Crippen LogP contribution is 2.21. The van der Waals surface area contributed by atoms with Crippen LogP contribution in [0, 0.1) is 12.7 Å². The van der Waals surface area contributed by atoms with Crippen LogP contribution in [-0.4, -0.2) is 15.6 Å². The number of aromatic nitrogens is 2. The second-order valence-electron chi connectivity index (χ2n) is 4.46. The zero-order chi connectivity index (χ0) is 13.1. The first-order valence-electron chi connectivity index (χ1n) is 6.16. The van der Waals surface area contributed by atoms with Crippen molar-refractivity contribution in [1.82, 2.24) is 9.55 Å². The molecule has 0 amide bonds. The fourth-order valence-corrected chi connectivity index (χ4v) is 2.04. The number of nitrogens with two attached hydrogens (primary N) is 1. The molecule has 2 rings (SSSR count). The first-order chi connectivity index (χ1) is 8.63. The highest BCUT2D eigenvalue weighted by Gasteiger charge is 2.14. The smallest absolute Gasteiger partial charge is 0.147 e. The number of hydrogen-bond acceptors (Lipinski definition) is 2. The highest BCUT2D eigenvalue weighted by molar-refractivity contribution is 5.43. The molecule has 3 nitrogen and oxygen atoms in total. The summed E-state index contributed by atoms with van der Waals surface area (Å²) >= 11 is 0. The summed E-state index contributed by atoms with van der Waals surface area (Å²) in [6.45, 7) is 3.89. The molecule has 0 aliphatic carbocycles. The number of benzene rings is 1. The van der Waals surface area contributed by atoms with Crippen molar-refractivity contribution in [3.8, 4) is 5.69 Å². The number of para-hydroxylation sites is 1. The number of hydrogen-bond donors (Lipinski definition) is 1. The molecule has 0 aliphatic rings. The summed E-state index contributed by atoms with van der Waals surface area (Å²) in [5, 5.41) is 0. The van der Waals surface area contributed by atoms with Gasteiger partial charge < -0.3 is 10.3 Å². The molecule has 0 spiro atoms. The molecule has 2 N–H and O–H groups in total. The Labute approximate surface area is 106 Å². The minimum atomic E-state index is -0.239. The van der Waals surface area contributed by atoms with Crippen LogP contribution < -0.4 is 5.73 Å². The van der Waals surface area contributed by atoms with Gasteiger partial charge in [0.1, 0.15) is 11.6 Å². The van der Waals surface area contributed by atoms with Crippen LogP contribution in [-0.2, 0) is 6.42 Å². The maximum Gasteiger partial charge on any atom is 0.147 e. The van der Waals surface area contributed by atoms with Crippen molar-refractivity contribution >= 4 is 0 Å². The monoisotopic (exact) mass is 247 g/mol. The highest BCUT2D eigenvalue weighted by atomic mass is 19.1. The first-order valence-corrected chi connectivity index (χ1v) is 6.16. The molecule has 1 aromatic heterocycles. The molecule has 1 aromatic carbocycles. The Morgan fingerprint density at radius 3 is 2.83 bits per heavy atom. The van der Waals surface area contributed by atoms with Crippen molar-refractivity contribution in [1.29, 1.82) is 0 Å². The Morgan fingerprint density at radius 1 is 1.44 bits per heavy atom. The summed E-state index contributed by atoms with van der Waals surface area (Å²) in [6, 6.07) is 5.17. The third kappa shape index (κ3) is 2.43. The van der Waals surface area contributed by atoms with Crippen molar-refractivity contribution < 1.29 is 4.39 Å². The van der Waals surface area contributed by atoms with Crippen LogP contribution in [0.4, 0.5) is 4.39 Å². The summed E-state index contributed by atoms with van der Waals surface area (Å²) in [7, 11) is 0. The average Bonchev–Trinajstić information content (AvgIpc) is 2.75. The molecule has 0 bridgehead atoms. The lowest BCUT2D eigenvalue weighted by molar-refractivity contribution is 0.602. The van der Waals surface area contributed by atoms with E-state index < -0.39 is 0 Å². The van der Waals surface area contributed by atoms with Crippen molar-refractivity contribution in [3.63, 3.8) is 0 Å². The van der Waals surface area contributed by atoms with Crippen LogP contribution in [0.5, 0.6) is 0 Å². The van der Waals surface area contributed by atoms with E-state index in [1.165, 1.54) is 6.07 Å². The van der Waals surface area contributed by atoms with Crippen molar-refractivity contribution in [3.05, 3.63) is 47.8 Å². The third-order valence-corrected chi connectivity index (χ3v) is 3.14. The van der Waals surface area contributed by atoms with Gasteiger partial charge in [-0.2, -0.15) is 0 Å². The molecular formula is C14H18FN3. The van der Waals surface area contributed by atoms with Crippen molar-refractivity contribution in [2.75, 3.05) is 0 Å². The summed E-state index contributed by atoms with van der Waals surface area (Å²) < 4.78 is 15.8. The normalized spacial score (nSPS) is 12.7. The minimum absolute atomic E-state index is 0.0503. The van der Waals surface area contributed by atoms with Crippen molar-refractivity contribution in [2.24, 2.45) is 5.73 Å². The van der Waals surface area contributed by atoms with Gasteiger partial charge in [0.2, 0.25) is 0 Å². The molecule has 0 aliphatic heterocycles. The van der Waals surface area contributed by atoms with Gasteiger partial charge in [-0.15, -0.1) is 0 Å². The Balaban J connectivity index is 2.48. The summed E-state index contributed by atoms with van der Waals surface area (Å²) in [6.07, 6.45) is 4.99. The molecular weight excluding hydrogens is 229 g/mol. The number of nitrogens with zero attached hydrogens (tertiary/aromatic N) is 2. The van der Waals surface area contributed by atoms with Crippen LogP contribution in [0.1, 0.15) is 24.7 Å². The molecule has 0 fully saturated rings. The van der Waals surface area contributed by atoms with Gasteiger partial charge in [-0.05, 0) is 31.4 Å². The topological polar surface area (TPSA) is 43.8 Å². The number of rotatable bonds is 4. The predicted molar refractivity (Wildman–Crippen MR) is 70.2 cm³/mol. The number of halogens is 1. The second-order valence-corrected chi connectivity index (χ2v) is 4.46. The van der Waals surface area contributed by atoms with E-state index in [-0.39, 0.29) is 11.9 Å². The predicted octanol–water partition coefficient (Wildman–Crippen LogP) is 2.60. The van der Waals surface area contributed by atoms with Gasteiger partial charge in [-0.1, -0.05) is 19.1 Å². The minimum Gasteiger partial charge on any atom is -0.327 e. The summed E-state index contributed by atoms with van der Waals surface area (Å²) in [4.78, 5) is 4.14. The van der Waals surface area contributed by atoms with Gasteiger partial charge in [-0.3, -0.25) is 0 Å². The van der Waals surface area contributed by atoms with E-state index in [1.54, 1.807) is 23.0 Å². The lowest BCUT2D eigenvalue weighted by Crippen LogP contribution is -2.22. The maximum absolute atomic E-state index is 14.1. The Morgan fingerprint density at radius 2 is 2.22 bits per heavy atom. The Kier molecular flexibility index (Phi) is 3.77. The summed E-state index contributed by atoms with van der Waals surface area (Å²) in [5.74, 6) is 0.531. The van der Waals surface area contributed by atoms with Crippen molar-refractivity contribution in [2.45, 2.75) is 32.7 Å². The zero-order valence-electron chi connectivity index (χ0n) is 10.7. The van der Waals surface area contributed by atoms with Gasteiger partial charge in [-0.25, -0.2) is 9.37 Å². The van der Waals surface area contributed by atoms with Gasteiger partial charge >= 0.3 is 0 Å². The molecule has 4 heteroatoms. The van der Waals surface area contributed by atoms with Crippen LogP contribution in [0.25, 0.3) is 5.69 Å². The van der Waals surface area contributed by atoms with Gasteiger partial charge in [0.25, 0.3) is 0 Å². The first kappa shape index (κ1) is 12.8. The maximum atomic E-state index is 14.1. The zero-order valence-corrected chi connectivity index (χ0v) is 10.7. The van der Waals surface area contributed by atoms with E-state index in [0.717, 1.165) is 17.8 Å². The SMILES string of the molecule is CCC(N)Cc1cccc(F)c1-n1ccnc1C. The second kappa shape index (κ2) is 5.31. The molecule has 2 aromatic rings. The molecule has 18 heavy (non-hydrogen) atoms. The largest absolute Gasteiger partial charge is 0.327 e. The van der Waals surface area contributed by atoms with Crippen LogP contribution in [0.15, 0.2) is 30.6 Å². The van der Waals surface area contributed by atoms with E-state index in [2.05, 4.69) is 4.98 Å². The lowest BCUT2D eigenvalue weighted by atomic mass is 10.0. The van der Waals surface area contributed by atoms with E-state index in [9.17, 15) is 4.39 Å². The summed E-state index contributed by atoms with van der Waals surface area (Å²) in [5.41, 5.74) is 7.46. The molecule has 1 heterocycles. The van der Waals surface area contributed by atoms with E-state index in [4.69, 9.17) is 5.73 Å². The van der Waals surface area contributed by atoms with E-state index in [1.807, 2.05) is 19.9 Å². The average molecular weight is 247 g/mol. The van der Waals surface area contributed by atoms with Gasteiger partial charge in [0.15, 0.2) is 0 Å². The molecule has 1 unspecified atom stereocenters. The van der Waals surface area contributed by atoms with E-state index >= 15 is 0 Å². The molecule has 0 radical (unpaired) electrons. The van der Waals surface area contributed by atoms with Gasteiger partial charge in [0, 0.05) is 18.4 Å². The standard InChI is InChI=1S/C14H18FN3/c1-3-12(16)9-11-5-4-6-13(15)14(11)18-8-7-17-10(18)2/h4-8,12H,3,9,16H2,1-2H3. The number of aryl methyl sites for hydroxylation is 1. The van der Waals surface area contributed by atoms with Gasteiger partial charge in [0.05, 0.1) is 5.69 Å². The molecule has 0 saturated heterocycles. The molecule has 0 saturated carbocycles. The Hall–Kier alpha value is -1.68. The van der Waals surface area contributed by atoms with Crippen LogP contribution >= 0.6 is 0 Å². The molecule has 96 valence electrons.